The molecule has 28 heavy (non-hydrogen) atoms. The second kappa shape index (κ2) is 7.34. The monoisotopic (exact) mass is 409 g/mol. The van der Waals surface area contributed by atoms with E-state index in [2.05, 4.69) is 20.1 Å². The smallest absolute Gasteiger partial charge is 0.287 e. The first kappa shape index (κ1) is 18.6. The summed E-state index contributed by atoms with van der Waals surface area (Å²) in [5.41, 5.74) is 1.45. The van der Waals surface area contributed by atoms with Crippen molar-refractivity contribution in [1.29, 1.82) is 0 Å². The zero-order valence-corrected chi connectivity index (χ0v) is 15.9. The average Bonchev–Trinajstić information content (AvgIpc) is 3.13. The lowest BCUT2D eigenvalue weighted by Crippen LogP contribution is -2.47. The number of halogens is 3. The summed E-state index contributed by atoms with van der Waals surface area (Å²) < 4.78 is 27.6. The van der Waals surface area contributed by atoms with Crippen molar-refractivity contribution in [3.63, 3.8) is 0 Å². The van der Waals surface area contributed by atoms with Gasteiger partial charge in [-0.2, -0.15) is 14.7 Å². The quantitative estimate of drug-likeness (QED) is 0.654. The summed E-state index contributed by atoms with van der Waals surface area (Å²) in [6, 6.07) is 3.84. The Bertz CT molecular complexity index is 1060. The summed E-state index contributed by atoms with van der Waals surface area (Å²) in [6.07, 6.45) is 0.421. The van der Waals surface area contributed by atoms with E-state index < -0.39 is 18.5 Å². The van der Waals surface area contributed by atoms with Crippen molar-refractivity contribution in [1.82, 2.24) is 24.4 Å². The largest absolute Gasteiger partial charge is 0.365 e. The van der Waals surface area contributed by atoms with Gasteiger partial charge in [0.2, 0.25) is 0 Å². The van der Waals surface area contributed by atoms with Crippen molar-refractivity contribution in [3.8, 4) is 0 Å². The molecule has 0 aliphatic carbocycles. The van der Waals surface area contributed by atoms with Gasteiger partial charge in [-0.15, -0.1) is 0 Å². The van der Waals surface area contributed by atoms with Crippen molar-refractivity contribution in [2.75, 3.05) is 36.0 Å². The van der Waals surface area contributed by atoms with Crippen molar-refractivity contribution in [3.05, 3.63) is 45.6 Å². The highest BCUT2D eigenvalue weighted by Gasteiger charge is 2.23. The molecule has 0 unspecified atom stereocenters. The first-order valence-electron chi connectivity index (χ1n) is 8.79. The van der Waals surface area contributed by atoms with Gasteiger partial charge in [0.05, 0.1) is 18.1 Å². The third kappa shape index (κ3) is 3.39. The highest BCUT2D eigenvalue weighted by Crippen LogP contribution is 2.25. The molecule has 148 valence electrons. The topological polar surface area (TPSA) is 71.6 Å². The zero-order valence-electron chi connectivity index (χ0n) is 15.1. The first-order valence-corrected chi connectivity index (χ1v) is 9.17. The van der Waals surface area contributed by atoms with Gasteiger partial charge in [-0.25, -0.2) is 18.4 Å². The highest BCUT2D eigenvalue weighted by atomic mass is 35.5. The fourth-order valence-corrected chi connectivity index (χ4v) is 3.62. The van der Waals surface area contributed by atoms with E-state index in [-0.39, 0.29) is 5.02 Å². The molecule has 0 atom stereocenters. The molecule has 0 spiro atoms. The van der Waals surface area contributed by atoms with Gasteiger partial charge in [0.15, 0.2) is 5.65 Å². The third-order valence-electron chi connectivity index (χ3n) is 4.69. The van der Waals surface area contributed by atoms with E-state index in [0.29, 0.717) is 36.5 Å². The Hall–Kier alpha value is -2.75. The van der Waals surface area contributed by atoms with Crippen molar-refractivity contribution >= 4 is 28.8 Å². The number of aryl methyl sites for hydroxylation is 1. The van der Waals surface area contributed by atoms with Crippen LogP contribution in [0.4, 0.5) is 20.3 Å². The van der Waals surface area contributed by atoms with Crippen LogP contribution in [0.25, 0.3) is 5.65 Å². The Labute approximate surface area is 163 Å². The first-order chi connectivity index (χ1) is 13.4. The minimum Gasteiger partial charge on any atom is -0.365 e. The maximum atomic E-state index is 12.5. The van der Waals surface area contributed by atoms with Crippen LogP contribution in [0.3, 0.4) is 0 Å². The van der Waals surface area contributed by atoms with E-state index in [1.165, 1.54) is 6.20 Å². The van der Waals surface area contributed by atoms with Gasteiger partial charge < -0.3 is 9.80 Å². The molecule has 1 fully saturated rings. The molecule has 11 heteroatoms. The summed E-state index contributed by atoms with van der Waals surface area (Å²) in [5.74, 6) is 0.948. The van der Waals surface area contributed by atoms with Crippen LogP contribution >= 0.6 is 11.6 Å². The normalized spacial score (nSPS) is 15.0. The molecule has 3 aromatic rings. The summed E-state index contributed by atoms with van der Waals surface area (Å²) in [6.45, 7) is 3.72. The molecule has 4 heterocycles. The minimum atomic E-state index is -2.67. The van der Waals surface area contributed by atoms with Crippen LogP contribution in [0, 0.1) is 6.92 Å². The van der Waals surface area contributed by atoms with E-state index in [1.54, 1.807) is 10.7 Å². The molecule has 1 aliphatic rings. The molecule has 0 amide bonds. The third-order valence-corrected chi connectivity index (χ3v) is 5.05. The van der Waals surface area contributed by atoms with Gasteiger partial charge in [-0.3, -0.25) is 4.79 Å². The maximum absolute atomic E-state index is 12.5. The van der Waals surface area contributed by atoms with Crippen LogP contribution in [0.2, 0.25) is 5.02 Å². The zero-order chi connectivity index (χ0) is 19.8. The van der Waals surface area contributed by atoms with Crippen molar-refractivity contribution < 1.29 is 8.78 Å². The van der Waals surface area contributed by atoms with Crippen LogP contribution < -0.4 is 15.4 Å². The van der Waals surface area contributed by atoms with E-state index in [1.807, 2.05) is 24.0 Å². The molecular formula is C17H18ClF2N7O. The second-order valence-electron chi connectivity index (χ2n) is 6.55. The Kier molecular flexibility index (Phi) is 4.88. The van der Waals surface area contributed by atoms with Crippen molar-refractivity contribution in [2.24, 2.45) is 0 Å². The maximum Gasteiger partial charge on any atom is 0.287 e. The Balaban J connectivity index is 1.54. The Morgan fingerprint density at radius 2 is 1.89 bits per heavy atom. The van der Waals surface area contributed by atoms with E-state index in [0.717, 1.165) is 17.2 Å². The van der Waals surface area contributed by atoms with E-state index in [4.69, 9.17) is 11.6 Å². The van der Waals surface area contributed by atoms with Gasteiger partial charge in [0.25, 0.3) is 12.0 Å². The van der Waals surface area contributed by atoms with Gasteiger partial charge >= 0.3 is 0 Å². The molecule has 1 saturated heterocycles. The number of nitrogens with zero attached hydrogens (tertiary/aromatic N) is 7. The minimum absolute atomic E-state index is 0.0849. The van der Waals surface area contributed by atoms with Crippen LogP contribution in [0.1, 0.15) is 5.69 Å². The number of hydrogen-bond acceptors (Lipinski definition) is 6. The summed E-state index contributed by atoms with van der Waals surface area (Å²) in [4.78, 5) is 20.8. The second-order valence-corrected chi connectivity index (χ2v) is 6.93. The number of piperazine rings is 1. The predicted molar refractivity (Wildman–Crippen MR) is 102 cm³/mol. The number of hydrogen-bond donors (Lipinski definition) is 0. The lowest BCUT2D eigenvalue weighted by atomic mass is 10.2. The number of aromatic nitrogens is 5. The Morgan fingerprint density at radius 3 is 2.61 bits per heavy atom. The number of rotatable bonds is 4. The molecule has 1 aliphatic heterocycles. The average molecular weight is 410 g/mol. The van der Waals surface area contributed by atoms with E-state index in [9.17, 15) is 13.6 Å². The number of alkyl halides is 2. The molecule has 0 aromatic carbocycles. The highest BCUT2D eigenvalue weighted by molar-refractivity contribution is 6.33. The molecule has 0 bridgehead atoms. The molecule has 3 aromatic heterocycles. The van der Waals surface area contributed by atoms with Crippen LogP contribution in [0.15, 0.2) is 29.3 Å². The number of anilines is 2. The van der Waals surface area contributed by atoms with E-state index >= 15 is 0 Å². The van der Waals surface area contributed by atoms with Gasteiger partial charge in [-0.1, -0.05) is 11.6 Å². The van der Waals surface area contributed by atoms with Gasteiger partial charge in [-0.05, 0) is 6.92 Å². The Morgan fingerprint density at radius 1 is 1.18 bits per heavy atom. The lowest BCUT2D eigenvalue weighted by Gasteiger charge is -2.37. The molecule has 0 N–H and O–H groups in total. The van der Waals surface area contributed by atoms with Crippen LogP contribution in [-0.4, -0.2) is 57.0 Å². The van der Waals surface area contributed by atoms with Crippen molar-refractivity contribution in [2.45, 2.75) is 19.9 Å². The van der Waals surface area contributed by atoms with Crippen LogP contribution in [-0.2, 0) is 6.54 Å². The number of fused-ring (bicyclic) bond motifs is 1. The summed E-state index contributed by atoms with van der Waals surface area (Å²) in [5, 5.41) is 8.09. The lowest BCUT2D eigenvalue weighted by molar-refractivity contribution is 0.119. The van der Waals surface area contributed by atoms with Crippen LogP contribution in [0.5, 0.6) is 0 Å². The SMILES string of the molecule is Cc1cc(N2CCN(c3cnn(CC(F)F)c(=O)c3Cl)CC2)n2nccc2n1. The molecular weight excluding hydrogens is 392 g/mol. The molecule has 8 nitrogen and oxygen atoms in total. The summed E-state index contributed by atoms with van der Waals surface area (Å²) in [7, 11) is 0. The fourth-order valence-electron chi connectivity index (χ4n) is 3.36. The molecule has 0 saturated carbocycles. The van der Waals surface area contributed by atoms with Gasteiger partial charge in [0, 0.05) is 44.0 Å². The molecule has 4 rings (SSSR count). The van der Waals surface area contributed by atoms with Gasteiger partial charge in [0.1, 0.15) is 17.4 Å². The standard InChI is InChI=1S/C17H18ClF2N7O/c1-11-8-15(27-14(23-11)2-3-21-27)25-6-4-24(5-7-25)12-9-22-26(10-13(19)20)17(28)16(12)18/h2-3,8-9,13H,4-7,10H2,1H3. The predicted octanol–water partition coefficient (Wildman–Crippen LogP) is 1.84. The fraction of sp³-hybridized carbons (Fsp3) is 0.412. The molecule has 0 radical (unpaired) electrons. The summed E-state index contributed by atoms with van der Waals surface area (Å²) >= 11 is 6.16.